The average Bonchev–Trinajstić information content (AvgIpc) is 2.49. The predicted octanol–water partition coefficient (Wildman–Crippen LogP) is 0.123. The van der Waals surface area contributed by atoms with Crippen LogP contribution < -0.4 is 0 Å². The number of aromatic nitrogens is 2. The molecule has 0 aliphatic heterocycles. The Kier molecular flexibility index (Phi) is 2.48. The van der Waals surface area contributed by atoms with Crippen LogP contribution in [0.15, 0.2) is 6.20 Å². The molecule has 0 spiro atoms. The molecule has 7 heteroatoms. The number of terminal acetylenes is 1. The third kappa shape index (κ3) is 1.69. The van der Waals surface area contributed by atoms with Crippen molar-refractivity contribution in [3.63, 3.8) is 0 Å². The molecule has 0 unspecified atom stereocenters. The molecule has 14 heavy (non-hydrogen) atoms. The van der Waals surface area contributed by atoms with Crippen LogP contribution in [-0.4, -0.2) is 25.8 Å². The van der Waals surface area contributed by atoms with Crippen LogP contribution in [0.3, 0.4) is 0 Å². The topological polar surface area (TPSA) is 98.3 Å². The van der Waals surface area contributed by atoms with Crippen LogP contribution in [0.1, 0.15) is 10.5 Å². The summed E-state index contributed by atoms with van der Waals surface area (Å²) >= 11 is 0. The van der Waals surface area contributed by atoms with Crippen LogP contribution in [-0.2, 0) is 6.54 Å². The van der Waals surface area contributed by atoms with Gasteiger partial charge in [-0.3, -0.25) is 14.8 Å². The number of hydrogen-bond donors (Lipinski definition) is 1. The summed E-state index contributed by atoms with van der Waals surface area (Å²) < 4.78 is 1.03. The highest BCUT2D eigenvalue weighted by atomic mass is 16.6. The van der Waals surface area contributed by atoms with Crippen LogP contribution in [0.2, 0.25) is 0 Å². The Morgan fingerprint density at radius 3 is 2.86 bits per heavy atom. The fourth-order valence-corrected chi connectivity index (χ4v) is 0.871. The Hall–Kier alpha value is -2.36. The minimum atomic E-state index is -1.45. The highest BCUT2D eigenvalue weighted by Crippen LogP contribution is 2.15. The zero-order valence-corrected chi connectivity index (χ0v) is 6.88. The lowest BCUT2D eigenvalue weighted by Gasteiger charge is -1.88. The molecule has 0 amide bonds. The molecule has 0 aliphatic rings. The first-order valence-electron chi connectivity index (χ1n) is 3.45. The smallest absolute Gasteiger partial charge is 0.363 e. The van der Waals surface area contributed by atoms with Crippen molar-refractivity contribution in [2.45, 2.75) is 6.54 Å². The number of rotatable bonds is 3. The van der Waals surface area contributed by atoms with Gasteiger partial charge in [0.15, 0.2) is 0 Å². The van der Waals surface area contributed by atoms with E-state index >= 15 is 0 Å². The van der Waals surface area contributed by atoms with E-state index in [-0.39, 0.29) is 6.54 Å². The second-order valence-corrected chi connectivity index (χ2v) is 2.33. The quantitative estimate of drug-likeness (QED) is 0.419. The van der Waals surface area contributed by atoms with E-state index in [0.29, 0.717) is 0 Å². The first-order valence-corrected chi connectivity index (χ1v) is 3.45. The monoisotopic (exact) mass is 195 g/mol. The molecular formula is C7H5N3O4. The largest absolute Gasteiger partial charge is 0.476 e. The van der Waals surface area contributed by atoms with E-state index in [4.69, 9.17) is 11.5 Å². The molecule has 0 aliphatic carbocycles. The van der Waals surface area contributed by atoms with Gasteiger partial charge < -0.3 is 5.11 Å². The van der Waals surface area contributed by atoms with Gasteiger partial charge in [0.1, 0.15) is 12.7 Å². The summed E-state index contributed by atoms with van der Waals surface area (Å²) in [4.78, 5) is 20.1. The van der Waals surface area contributed by atoms with Crippen LogP contribution in [0, 0.1) is 22.5 Å². The Bertz CT molecular complexity index is 397. The second-order valence-electron chi connectivity index (χ2n) is 2.33. The average molecular weight is 195 g/mol. The standard InChI is InChI=1S/C7H5N3O4/c1-2-3-9-4-5(10(13)14)6(8-9)7(11)12/h1,4H,3H2,(H,11,12). The van der Waals surface area contributed by atoms with Crippen molar-refractivity contribution < 1.29 is 14.8 Å². The first-order chi connectivity index (χ1) is 6.56. The van der Waals surface area contributed by atoms with E-state index in [0.717, 1.165) is 10.9 Å². The molecular weight excluding hydrogens is 190 g/mol. The number of nitro groups is 1. The van der Waals surface area contributed by atoms with Gasteiger partial charge in [-0.2, -0.15) is 5.10 Å². The van der Waals surface area contributed by atoms with Crippen molar-refractivity contribution in [3.8, 4) is 12.3 Å². The Balaban J connectivity index is 3.20. The van der Waals surface area contributed by atoms with Gasteiger partial charge in [0.2, 0.25) is 5.69 Å². The Morgan fingerprint density at radius 1 is 1.86 bits per heavy atom. The van der Waals surface area contributed by atoms with E-state index in [1.165, 1.54) is 0 Å². The zero-order valence-electron chi connectivity index (χ0n) is 6.88. The summed E-state index contributed by atoms with van der Waals surface area (Å²) in [6.07, 6.45) is 5.93. The normalized spacial score (nSPS) is 9.36. The van der Waals surface area contributed by atoms with Gasteiger partial charge in [-0.05, 0) is 0 Å². The van der Waals surface area contributed by atoms with Gasteiger partial charge >= 0.3 is 11.7 Å². The van der Waals surface area contributed by atoms with Gasteiger partial charge in [0, 0.05) is 0 Å². The summed E-state index contributed by atoms with van der Waals surface area (Å²) in [5.74, 6) is 0.736. The minimum Gasteiger partial charge on any atom is -0.476 e. The second kappa shape index (κ2) is 3.57. The van der Waals surface area contributed by atoms with Gasteiger partial charge in [-0.1, -0.05) is 5.92 Å². The molecule has 1 rings (SSSR count). The Morgan fingerprint density at radius 2 is 2.50 bits per heavy atom. The molecule has 0 fully saturated rings. The van der Waals surface area contributed by atoms with Gasteiger partial charge in [-0.15, -0.1) is 6.42 Å². The van der Waals surface area contributed by atoms with Gasteiger partial charge in [0.25, 0.3) is 0 Å². The van der Waals surface area contributed by atoms with E-state index in [2.05, 4.69) is 11.0 Å². The van der Waals surface area contributed by atoms with E-state index in [1.54, 1.807) is 0 Å². The van der Waals surface area contributed by atoms with Crippen molar-refractivity contribution in [2.75, 3.05) is 0 Å². The maximum Gasteiger partial charge on any atom is 0.363 e. The molecule has 0 radical (unpaired) electrons. The van der Waals surface area contributed by atoms with Crippen LogP contribution in [0.25, 0.3) is 0 Å². The predicted molar refractivity (Wildman–Crippen MR) is 44.7 cm³/mol. The number of carboxylic acid groups (broad SMARTS) is 1. The number of aromatic carboxylic acids is 1. The van der Waals surface area contributed by atoms with Crippen LogP contribution >= 0.6 is 0 Å². The molecule has 1 aromatic rings. The van der Waals surface area contributed by atoms with Crippen LogP contribution in [0.4, 0.5) is 5.69 Å². The van der Waals surface area contributed by atoms with Crippen molar-refractivity contribution in [3.05, 3.63) is 22.0 Å². The third-order valence-corrected chi connectivity index (χ3v) is 1.39. The molecule has 1 N–H and O–H groups in total. The van der Waals surface area contributed by atoms with Crippen molar-refractivity contribution >= 4 is 11.7 Å². The third-order valence-electron chi connectivity index (χ3n) is 1.39. The highest BCUT2D eigenvalue weighted by molar-refractivity contribution is 5.89. The summed E-state index contributed by atoms with van der Waals surface area (Å²) in [5, 5.41) is 22.4. The van der Waals surface area contributed by atoms with E-state index < -0.39 is 22.3 Å². The molecule has 7 nitrogen and oxygen atoms in total. The highest BCUT2D eigenvalue weighted by Gasteiger charge is 2.24. The number of nitrogens with zero attached hydrogens (tertiary/aromatic N) is 3. The number of hydrogen-bond acceptors (Lipinski definition) is 4. The van der Waals surface area contributed by atoms with Gasteiger partial charge in [-0.25, -0.2) is 4.79 Å². The minimum absolute atomic E-state index is 0.00583. The molecule has 1 aromatic heterocycles. The molecule has 0 atom stereocenters. The van der Waals surface area contributed by atoms with Crippen molar-refractivity contribution in [1.82, 2.24) is 9.78 Å². The van der Waals surface area contributed by atoms with Gasteiger partial charge in [0.05, 0.1) is 4.92 Å². The lowest BCUT2D eigenvalue weighted by Crippen LogP contribution is -2.03. The number of carboxylic acids is 1. The Labute approximate surface area is 78.1 Å². The summed E-state index contributed by atoms with van der Waals surface area (Å²) in [6.45, 7) is -0.00583. The molecule has 0 aromatic carbocycles. The molecule has 72 valence electrons. The fourth-order valence-electron chi connectivity index (χ4n) is 0.871. The lowest BCUT2D eigenvalue weighted by atomic mass is 10.4. The fraction of sp³-hybridized carbons (Fsp3) is 0.143. The van der Waals surface area contributed by atoms with E-state index in [9.17, 15) is 14.9 Å². The van der Waals surface area contributed by atoms with E-state index in [1.807, 2.05) is 0 Å². The molecule has 0 bridgehead atoms. The van der Waals surface area contributed by atoms with Crippen molar-refractivity contribution in [1.29, 1.82) is 0 Å². The molecule has 1 heterocycles. The molecule has 0 saturated carbocycles. The SMILES string of the molecule is C#CCn1cc([N+](=O)[O-])c(C(=O)O)n1. The lowest BCUT2D eigenvalue weighted by molar-refractivity contribution is -0.385. The molecule has 0 saturated heterocycles. The summed E-state index contributed by atoms with van der Waals surface area (Å²) in [5.41, 5.74) is -1.17. The summed E-state index contributed by atoms with van der Waals surface area (Å²) in [6, 6.07) is 0. The zero-order chi connectivity index (χ0) is 10.7. The summed E-state index contributed by atoms with van der Waals surface area (Å²) in [7, 11) is 0. The van der Waals surface area contributed by atoms with Crippen LogP contribution in [0.5, 0.6) is 0 Å². The van der Waals surface area contributed by atoms with Crippen molar-refractivity contribution in [2.24, 2.45) is 0 Å². The maximum absolute atomic E-state index is 10.5. The number of carbonyl (C=O) groups is 1. The maximum atomic E-state index is 10.5. The first kappa shape index (κ1) is 9.73.